The van der Waals surface area contributed by atoms with Gasteiger partial charge in [-0.3, -0.25) is 9.88 Å². The van der Waals surface area contributed by atoms with Crippen LogP contribution in [0.4, 0.5) is 0 Å². The van der Waals surface area contributed by atoms with E-state index in [1.165, 1.54) is 31.2 Å². The quantitative estimate of drug-likeness (QED) is 0.801. The Labute approximate surface area is 122 Å². The van der Waals surface area contributed by atoms with E-state index < -0.39 is 0 Å². The van der Waals surface area contributed by atoms with Crippen LogP contribution in [0.2, 0.25) is 0 Å². The molecule has 0 bridgehead atoms. The van der Waals surface area contributed by atoms with E-state index in [1.54, 1.807) is 6.20 Å². The van der Waals surface area contributed by atoms with Crippen LogP contribution in [0.5, 0.6) is 0 Å². The number of rotatable bonds is 7. The zero-order valence-electron chi connectivity index (χ0n) is 12.4. The fourth-order valence-corrected chi connectivity index (χ4v) is 3.36. The highest BCUT2D eigenvalue weighted by molar-refractivity contribution is 5.17. The number of aliphatic hydroxyl groups excluding tert-OH is 1. The first-order valence-corrected chi connectivity index (χ1v) is 7.80. The van der Waals surface area contributed by atoms with E-state index >= 15 is 0 Å². The monoisotopic (exact) mass is 277 g/mol. The molecule has 2 unspecified atom stereocenters. The van der Waals surface area contributed by atoms with Crippen molar-refractivity contribution in [3.63, 3.8) is 0 Å². The van der Waals surface area contributed by atoms with E-state index in [-0.39, 0.29) is 18.7 Å². The number of hydrogen-bond acceptors (Lipinski definition) is 4. The van der Waals surface area contributed by atoms with Crippen LogP contribution in [0.15, 0.2) is 24.5 Å². The highest BCUT2D eigenvalue weighted by Crippen LogP contribution is 2.32. The zero-order chi connectivity index (χ0) is 14.4. The van der Waals surface area contributed by atoms with Crippen LogP contribution in [0.1, 0.15) is 50.6 Å². The number of hydrogen-bond donors (Lipinski definition) is 2. The van der Waals surface area contributed by atoms with Gasteiger partial charge in [-0.15, -0.1) is 0 Å². The van der Waals surface area contributed by atoms with Gasteiger partial charge in [0.2, 0.25) is 0 Å². The number of aliphatic hydroxyl groups is 1. The summed E-state index contributed by atoms with van der Waals surface area (Å²) in [6.07, 6.45) is 9.64. The van der Waals surface area contributed by atoms with Gasteiger partial charge in [-0.1, -0.05) is 25.8 Å². The van der Waals surface area contributed by atoms with Gasteiger partial charge in [0.15, 0.2) is 0 Å². The second kappa shape index (κ2) is 7.72. The molecule has 1 aromatic rings. The Morgan fingerprint density at radius 3 is 2.75 bits per heavy atom. The molecule has 2 atom stereocenters. The molecule has 1 aliphatic carbocycles. The third kappa shape index (κ3) is 3.57. The van der Waals surface area contributed by atoms with Crippen LogP contribution >= 0.6 is 0 Å². The topological polar surface area (TPSA) is 62.4 Å². The number of aromatic nitrogens is 1. The molecule has 0 radical (unpaired) electrons. The smallest absolute Gasteiger partial charge is 0.0558 e. The number of pyridine rings is 1. The molecule has 0 aromatic carbocycles. The summed E-state index contributed by atoms with van der Waals surface area (Å²) >= 11 is 0. The molecule has 1 aromatic heterocycles. The largest absolute Gasteiger partial charge is 0.395 e. The van der Waals surface area contributed by atoms with Crippen molar-refractivity contribution in [2.45, 2.75) is 57.2 Å². The maximum Gasteiger partial charge on any atom is 0.0558 e. The molecule has 1 aliphatic rings. The Kier molecular flexibility index (Phi) is 5.95. The van der Waals surface area contributed by atoms with E-state index in [1.807, 2.05) is 12.3 Å². The molecule has 1 heterocycles. The van der Waals surface area contributed by atoms with Gasteiger partial charge in [-0.05, 0) is 30.9 Å². The molecule has 4 heteroatoms. The second-order valence-electron chi connectivity index (χ2n) is 5.70. The van der Waals surface area contributed by atoms with Crippen LogP contribution in [0.25, 0.3) is 0 Å². The van der Waals surface area contributed by atoms with Gasteiger partial charge in [0.05, 0.1) is 12.6 Å². The maximum absolute atomic E-state index is 9.45. The predicted octanol–water partition coefficient (Wildman–Crippen LogP) is 2.10. The standard InChI is InChI=1S/C16H27N3O/c1-2-15(17)16(13-6-5-9-18-12-13)19(10-11-20)14-7-3-4-8-14/h5-6,9,12,14-16,20H,2-4,7-8,10-11,17H2,1H3. The lowest BCUT2D eigenvalue weighted by Gasteiger charge is -2.39. The fourth-order valence-electron chi connectivity index (χ4n) is 3.36. The molecular formula is C16H27N3O. The lowest BCUT2D eigenvalue weighted by molar-refractivity contribution is 0.0880. The van der Waals surface area contributed by atoms with Crippen molar-refractivity contribution in [3.05, 3.63) is 30.1 Å². The molecule has 1 saturated carbocycles. The van der Waals surface area contributed by atoms with E-state index in [0.29, 0.717) is 12.6 Å². The normalized spacial score (nSPS) is 19.4. The van der Waals surface area contributed by atoms with Crippen molar-refractivity contribution in [3.8, 4) is 0 Å². The van der Waals surface area contributed by atoms with E-state index in [4.69, 9.17) is 5.73 Å². The summed E-state index contributed by atoms with van der Waals surface area (Å²) in [4.78, 5) is 6.66. The molecule has 0 aliphatic heterocycles. The molecule has 2 rings (SSSR count). The summed E-state index contributed by atoms with van der Waals surface area (Å²) in [5.41, 5.74) is 7.57. The first-order valence-electron chi connectivity index (χ1n) is 7.80. The third-order valence-electron chi connectivity index (χ3n) is 4.41. The minimum absolute atomic E-state index is 0.0753. The zero-order valence-corrected chi connectivity index (χ0v) is 12.4. The van der Waals surface area contributed by atoms with Crippen molar-refractivity contribution in [1.29, 1.82) is 0 Å². The number of nitrogens with zero attached hydrogens (tertiary/aromatic N) is 2. The van der Waals surface area contributed by atoms with Gasteiger partial charge >= 0.3 is 0 Å². The van der Waals surface area contributed by atoms with Crippen LogP contribution in [-0.2, 0) is 0 Å². The Hall–Kier alpha value is -0.970. The van der Waals surface area contributed by atoms with Crippen LogP contribution in [0.3, 0.4) is 0 Å². The van der Waals surface area contributed by atoms with Crippen LogP contribution in [0, 0.1) is 0 Å². The van der Waals surface area contributed by atoms with Crippen LogP contribution < -0.4 is 5.73 Å². The fraction of sp³-hybridized carbons (Fsp3) is 0.688. The van der Waals surface area contributed by atoms with Gasteiger partial charge in [0.25, 0.3) is 0 Å². The summed E-state index contributed by atoms with van der Waals surface area (Å²) in [6, 6.07) is 4.85. The maximum atomic E-state index is 9.45. The van der Waals surface area contributed by atoms with E-state index in [2.05, 4.69) is 22.9 Å². The molecule has 4 nitrogen and oxygen atoms in total. The minimum atomic E-state index is 0.0753. The van der Waals surface area contributed by atoms with E-state index in [9.17, 15) is 5.11 Å². The van der Waals surface area contributed by atoms with Gasteiger partial charge in [0, 0.05) is 31.0 Å². The Morgan fingerprint density at radius 2 is 2.20 bits per heavy atom. The predicted molar refractivity (Wildman–Crippen MR) is 81.3 cm³/mol. The average molecular weight is 277 g/mol. The lowest BCUT2D eigenvalue weighted by Crippen LogP contribution is -2.46. The molecule has 0 amide bonds. The molecule has 112 valence electrons. The summed E-state index contributed by atoms with van der Waals surface area (Å²) in [5, 5.41) is 9.45. The number of nitrogens with two attached hydrogens (primary N) is 1. The van der Waals surface area contributed by atoms with Crippen molar-refractivity contribution in [2.24, 2.45) is 5.73 Å². The molecule has 1 fully saturated rings. The molecule has 0 saturated heterocycles. The average Bonchev–Trinajstić information content (AvgIpc) is 3.01. The minimum Gasteiger partial charge on any atom is -0.395 e. The van der Waals surface area contributed by atoms with Gasteiger partial charge in [0.1, 0.15) is 0 Å². The Balaban J connectivity index is 2.26. The third-order valence-corrected chi connectivity index (χ3v) is 4.41. The summed E-state index contributed by atoms with van der Waals surface area (Å²) in [5.74, 6) is 0. The summed E-state index contributed by atoms with van der Waals surface area (Å²) in [7, 11) is 0. The molecule has 0 spiro atoms. The SMILES string of the molecule is CCC(N)C(c1cccnc1)N(CCO)C1CCCC1. The summed E-state index contributed by atoms with van der Waals surface area (Å²) < 4.78 is 0. The lowest BCUT2D eigenvalue weighted by atomic mass is 9.95. The van der Waals surface area contributed by atoms with Crippen LogP contribution in [-0.4, -0.2) is 40.2 Å². The van der Waals surface area contributed by atoms with Gasteiger partial charge in [-0.2, -0.15) is 0 Å². The van der Waals surface area contributed by atoms with Crippen molar-refractivity contribution in [1.82, 2.24) is 9.88 Å². The second-order valence-corrected chi connectivity index (χ2v) is 5.70. The molecule has 3 N–H and O–H groups in total. The van der Waals surface area contributed by atoms with Gasteiger partial charge in [-0.25, -0.2) is 0 Å². The van der Waals surface area contributed by atoms with Crippen molar-refractivity contribution >= 4 is 0 Å². The Bertz CT molecular complexity index is 379. The highest BCUT2D eigenvalue weighted by atomic mass is 16.3. The van der Waals surface area contributed by atoms with Crippen molar-refractivity contribution in [2.75, 3.05) is 13.2 Å². The van der Waals surface area contributed by atoms with Crippen molar-refractivity contribution < 1.29 is 5.11 Å². The molecule has 20 heavy (non-hydrogen) atoms. The Morgan fingerprint density at radius 1 is 1.45 bits per heavy atom. The van der Waals surface area contributed by atoms with Gasteiger partial charge < -0.3 is 10.8 Å². The first kappa shape index (κ1) is 15.4. The molecular weight excluding hydrogens is 250 g/mol. The summed E-state index contributed by atoms with van der Waals surface area (Å²) in [6.45, 7) is 3.00. The first-order chi connectivity index (χ1) is 9.77. The van der Waals surface area contributed by atoms with E-state index in [0.717, 1.165) is 6.42 Å². The highest BCUT2D eigenvalue weighted by Gasteiger charge is 2.32.